The van der Waals surface area contributed by atoms with Gasteiger partial charge in [-0.25, -0.2) is 4.57 Å². The van der Waals surface area contributed by atoms with Crippen molar-refractivity contribution >= 4 is 17.4 Å². The minimum Gasteiger partial charge on any atom is -0.411 e. The SMILES string of the molecule is C/C(=N/O)C(C)(C)NCC(C)CNC(C)(C)/C(Cn1ccnc1[N+](=O)[O-])=N/O. The van der Waals surface area contributed by atoms with Gasteiger partial charge in [0.25, 0.3) is 0 Å². The lowest BCUT2D eigenvalue weighted by Gasteiger charge is -2.30. The minimum absolute atomic E-state index is 0.0403. The maximum absolute atomic E-state index is 11.0. The highest BCUT2D eigenvalue weighted by atomic mass is 16.6. The van der Waals surface area contributed by atoms with Crippen LogP contribution in [0.3, 0.4) is 0 Å². The second kappa shape index (κ2) is 9.60. The standard InChI is InChI=1S/C17H31N7O4/c1-12(9-19-16(3,4)13(2)21-25)10-20-17(5,6)14(22-26)11-23-8-7-18-15(23)24(27)28/h7-8,12,19-20,25-26H,9-11H2,1-6H3/b21-13-,22-14+. The van der Waals surface area contributed by atoms with Gasteiger partial charge < -0.3 is 31.2 Å². The third kappa shape index (κ3) is 6.27. The number of aromatic nitrogens is 2. The Hall–Kier alpha value is -2.53. The first-order valence-corrected chi connectivity index (χ1v) is 9.00. The molecule has 0 spiro atoms. The maximum Gasteiger partial charge on any atom is 0.434 e. The summed E-state index contributed by atoms with van der Waals surface area (Å²) in [6, 6.07) is 0. The fourth-order valence-electron chi connectivity index (χ4n) is 2.40. The number of nitrogens with one attached hydrogen (secondary N) is 2. The van der Waals surface area contributed by atoms with E-state index < -0.39 is 16.0 Å². The topological polar surface area (TPSA) is 150 Å². The van der Waals surface area contributed by atoms with Gasteiger partial charge in [-0.3, -0.25) is 0 Å². The molecule has 0 aliphatic carbocycles. The highest BCUT2D eigenvalue weighted by molar-refractivity contribution is 5.92. The Balaban J connectivity index is 2.68. The van der Waals surface area contributed by atoms with E-state index in [-0.39, 0.29) is 18.4 Å². The number of oxime groups is 2. The highest BCUT2D eigenvalue weighted by Crippen LogP contribution is 2.14. The number of hydrogen-bond donors (Lipinski definition) is 4. The van der Waals surface area contributed by atoms with Gasteiger partial charge in [0.2, 0.25) is 0 Å². The van der Waals surface area contributed by atoms with Crippen molar-refractivity contribution in [3.63, 3.8) is 0 Å². The molecule has 0 fully saturated rings. The second-order valence-electron chi connectivity index (χ2n) is 7.96. The summed E-state index contributed by atoms with van der Waals surface area (Å²) in [5, 5.41) is 42.7. The Bertz CT molecular complexity index is 725. The van der Waals surface area contributed by atoms with Gasteiger partial charge in [0.15, 0.2) is 0 Å². The van der Waals surface area contributed by atoms with Crippen LogP contribution in [-0.4, -0.2) is 60.5 Å². The molecule has 4 N–H and O–H groups in total. The molecule has 0 amide bonds. The van der Waals surface area contributed by atoms with E-state index in [1.807, 2.05) is 34.6 Å². The molecule has 1 atom stereocenters. The van der Waals surface area contributed by atoms with Gasteiger partial charge in [0.1, 0.15) is 24.7 Å². The fraction of sp³-hybridized carbons (Fsp3) is 0.706. The van der Waals surface area contributed by atoms with E-state index in [1.54, 1.807) is 6.92 Å². The average molecular weight is 397 g/mol. The zero-order valence-corrected chi connectivity index (χ0v) is 17.3. The van der Waals surface area contributed by atoms with Crippen LogP contribution in [-0.2, 0) is 6.54 Å². The van der Waals surface area contributed by atoms with Gasteiger partial charge in [-0.2, -0.15) is 0 Å². The molecule has 1 rings (SSSR count). The molecular formula is C17H31N7O4. The van der Waals surface area contributed by atoms with E-state index in [0.717, 1.165) is 0 Å². The molecule has 158 valence electrons. The molecule has 0 aromatic carbocycles. The zero-order valence-electron chi connectivity index (χ0n) is 17.3. The van der Waals surface area contributed by atoms with E-state index in [2.05, 4.69) is 25.9 Å². The molecule has 11 heteroatoms. The lowest BCUT2D eigenvalue weighted by molar-refractivity contribution is -0.396. The third-order valence-electron chi connectivity index (χ3n) is 4.86. The summed E-state index contributed by atoms with van der Waals surface area (Å²) in [5.41, 5.74) is -0.197. The van der Waals surface area contributed by atoms with E-state index in [1.165, 1.54) is 17.0 Å². The van der Waals surface area contributed by atoms with E-state index in [9.17, 15) is 15.3 Å². The minimum atomic E-state index is -0.695. The van der Waals surface area contributed by atoms with Crippen LogP contribution >= 0.6 is 0 Å². The summed E-state index contributed by atoms with van der Waals surface area (Å²) in [6.45, 7) is 12.7. The lowest BCUT2D eigenvalue weighted by atomic mass is 9.96. The predicted octanol–water partition coefficient (Wildman–Crippen LogP) is 1.84. The quantitative estimate of drug-likeness (QED) is 0.192. The molecule has 28 heavy (non-hydrogen) atoms. The second-order valence-corrected chi connectivity index (χ2v) is 7.96. The lowest BCUT2D eigenvalue weighted by Crippen LogP contribution is -2.52. The normalized spacial score (nSPS) is 14.9. The van der Waals surface area contributed by atoms with E-state index in [0.29, 0.717) is 24.5 Å². The number of imidazole rings is 1. The molecule has 0 saturated heterocycles. The molecule has 1 heterocycles. The van der Waals surface area contributed by atoms with Gasteiger partial charge >= 0.3 is 5.95 Å². The van der Waals surface area contributed by atoms with Crippen LogP contribution in [0.5, 0.6) is 0 Å². The van der Waals surface area contributed by atoms with Crippen LogP contribution < -0.4 is 10.6 Å². The Kier molecular flexibility index (Phi) is 8.06. The van der Waals surface area contributed by atoms with E-state index in [4.69, 9.17) is 5.21 Å². The summed E-state index contributed by atoms with van der Waals surface area (Å²) >= 11 is 0. The van der Waals surface area contributed by atoms with E-state index >= 15 is 0 Å². The van der Waals surface area contributed by atoms with Crippen molar-refractivity contribution in [3.05, 3.63) is 22.5 Å². The zero-order chi connectivity index (χ0) is 21.5. The van der Waals surface area contributed by atoms with Crippen molar-refractivity contribution in [1.29, 1.82) is 0 Å². The molecule has 0 bridgehead atoms. The van der Waals surface area contributed by atoms with Crippen molar-refractivity contribution in [2.75, 3.05) is 13.1 Å². The van der Waals surface area contributed by atoms with Crippen molar-refractivity contribution in [2.24, 2.45) is 16.2 Å². The van der Waals surface area contributed by atoms with Crippen LogP contribution in [0.1, 0.15) is 41.5 Å². The Morgan fingerprint density at radius 3 is 2.32 bits per heavy atom. The largest absolute Gasteiger partial charge is 0.434 e. The summed E-state index contributed by atoms with van der Waals surface area (Å²) in [6.07, 6.45) is 2.81. The smallest absolute Gasteiger partial charge is 0.411 e. The first-order valence-electron chi connectivity index (χ1n) is 9.00. The van der Waals surface area contributed by atoms with Crippen molar-refractivity contribution < 1.29 is 15.3 Å². The van der Waals surface area contributed by atoms with Gasteiger partial charge in [-0.05, 0) is 58.5 Å². The van der Waals surface area contributed by atoms with Crippen LogP contribution in [0.25, 0.3) is 0 Å². The molecular weight excluding hydrogens is 366 g/mol. The molecule has 0 saturated carbocycles. The number of hydrogen-bond acceptors (Lipinski definition) is 9. The number of nitro groups is 1. The van der Waals surface area contributed by atoms with Crippen molar-refractivity contribution in [3.8, 4) is 0 Å². The van der Waals surface area contributed by atoms with Crippen molar-refractivity contribution in [1.82, 2.24) is 20.2 Å². The number of nitrogens with zero attached hydrogens (tertiary/aromatic N) is 5. The maximum atomic E-state index is 11.0. The molecule has 0 aliphatic heterocycles. The molecule has 11 nitrogen and oxygen atoms in total. The van der Waals surface area contributed by atoms with Crippen LogP contribution in [0, 0.1) is 16.0 Å². The van der Waals surface area contributed by atoms with Gasteiger partial charge in [-0.15, -0.1) is 0 Å². The van der Waals surface area contributed by atoms with Crippen LogP contribution in [0.2, 0.25) is 0 Å². The molecule has 0 aliphatic rings. The van der Waals surface area contributed by atoms with Crippen molar-refractivity contribution in [2.45, 2.75) is 59.2 Å². The Morgan fingerprint density at radius 2 is 1.82 bits per heavy atom. The Morgan fingerprint density at radius 1 is 1.25 bits per heavy atom. The molecule has 1 aromatic rings. The summed E-state index contributed by atoms with van der Waals surface area (Å²) < 4.78 is 1.32. The monoisotopic (exact) mass is 397 g/mol. The number of rotatable bonds is 11. The molecule has 1 unspecified atom stereocenters. The summed E-state index contributed by atoms with van der Waals surface area (Å²) in [7, 11) is 0. The van der Waals surface area contributed by atoms with Gasteiger partial charge in [0.05, 0.1) is 16.8 Å². The van der Waals surface area contributed by atoms with Gasteiger partial charge in [0, 0.05) is 0 Å². The highest BCUT2D eigenvalue weighted by Gasteiger charge is 2.29. The first-order chi connectivity index (χ1) is 12.9. The van der Waals surface area contributed by atoms with Crippen LogP contribution in [0.4, 0.5) is 5.95 Å². The average Bonchev–Trinajstić information content (AvgIpc) is 3.10. The summed E-state index contributed by atoms with van der Waals surface area (Å²) in [5.74, 6) is -0.0924. The fourth-order valence-corrected chi connectivity index (χ4v) is 2.40. The third-order valence-corrected chi connectivity index (χ3v) is 4.86. The molecule has 0 radical (unpaired) electrons. The van der Waals surface area contributed by atoms with Gasteiger partial charge in [-0.1, -0.05) is 22.2 Å². The van der Waals surface area contributed by atoms with Crippen LogP contribution in [0.15, 0.2) is 22.7 Å². The predicted molar refractivity (Wildman–Crippen MR) is 106 cm³/mol. The Labute approximate surface area is 164 Å². The first kappa shape index (κ1) is 23.5. The molecule has 1 aromatic heterocycles. The summed E-state index contributed by atoms with van der Waals surface area (Å²) in [4.78, 5) is 14.1.